The highest BCUT2D eigenvalue weighted by Crippen LogP contribution is 2.55. The molecule has 7 rings (SSSR count). The summed E-state index contributed by atoms with van der Waals surface area (Å²) in [5.74, 6) is 0.510. The van der Waals surface area contributed by atoms with Gasteiger partial charge in [0.05, 0.1) is 5.54 Å². The first-order valence-corrected chi connectivity index (χ1v) is 12.7. The molecule has 3 aromatic rings. The maximum absolute atomic E-state index is 3.97. The van der Waals surface area contributed by atoms with E-state index in [4.69, 9.17) is 0 Å². The monoisotopic (exact) mass is 454 g/mol. The van der Waals surface area contributed by atoms with Crippen molar-refractivity contribution in [2.75, 3.05) is 13.1 Å². The summed E-state index contributed by atoms with van der Waals surface area (Å²) in [6.07, 6.45) is 13.8. The van der Waals surface area contributed by atoms with Gasteiger partial charge in [0, 0.05) is 24.4 Å². The van der Waals surface area contributed by atoms with E-state index in [1.54, 1.807) is 0 Å². The van der Waals surface area contributed by atoms with Crippen LogP contribution < -0.4 is 5.32 Å². The van der Waals surface area contributed by atoms with Crippen molar-refractivity contribution < 1.29 is 0 Å². The summed E-state index contributed by atoms with van der Waals surface area (Å²) in [6, 6.07) is 26.9. The molecule has 0 radical (unpaired) electrons. The normalized spacial score (nSPS) is 22.9. The predicted molar refractivity (Wildman–Crippen MR) is 145 cm³/mol. The van der Waals surface area contributed by atoms with Crippen LogP contribution in [0.3, 0.4) is 0 Å². The molecule has 3 aromatic carbocycles. The lowest BCUT2D eigenvalue weighted by Crippen LogP contribution is -2.58. The average Bonchev–Trinajstić information content (AvgIpc) is 3.49. The van der Waals surface area contributed by atoms with Crippen molar-refractivity contribution in [3.63, 3.8) is 0 Å². The molecule has 0 fully saturated rings. The van der Waals surface area contributed by atoms with Crippen LogP contribution in [-0.4, -0.2) is 18.0 Å². The van der Waals surface area contributed by atoms with Crippen LogP contribution in [0.25, 0.3) is 16.8 Å². The second kappa shape index (κ2) is 7.44. The Balaban J connectivity index is 1.48. The second-order valence-electron chi connectivity index (χ2n) is 10.5. The first-order chi connectivity index (χ1) is 17.1. The third-order valence-electron chi connectivity index (χ3n) is 8.36. The molecule has 0 unspecified atom stereocenters. The Morgan fingerprint density at radius 2 is 1.54 bits per heavy atom. The molecule has 172 valence electrons. The second-order valence-corrected chi connectivity index (χ2v) is 10.5. The number of benzene rings is 3. The number of fused-ring (bicyclic) bond motifs is 8. The molecule has 0 amide bonds. The zero-order valence-corrected chi connectivity index (χ0v) is 20.3. The number of hydrogen-bond acceptors (Lipinski definition) is 2. The largest absolute Gasteiger partial charge is 0.352 e. The van der Waals surface area contributed by atoms with Crippen LogP contribution in [0.4, 0.5) is 0 Å². The Kier molecular flexibility index (Phi) is 4.40. The van der Waals surface area contributed by atoms with Crippen molar-refractivity contribution in [3.8, 4) is 11.1 Å². The van der Waals surface area contributed by atoms with Crippen LogP contribution in [0.5, 0.6) is 0 Å². The fourth-order valence-electron chi connectivity index (χ4n) is 6.57. The van der Waals surface area contributed by atoms with Crippen LogP contribution in [0.2, 0.25) is 0 Å². The highest BCUT2D eigenvalue weighted by Gasteiger charge is 2.54. The maximum atomic E-state index is 3.97. The van der Waals surface area contributed by atoms with E-state index in [2.05, 4.69) is 133 Å². The molecule has 2 spiro atoms. The van der Waals surface area contributed by atoms with Gasteiger partial charge in [0.15, 0.2) is 0 Å². The van der Waals surface area contributed by atoms with E-state index in [9.17, 15) is 0 Å². The summed E-state index contributed by atoms with van der Waals surface area (Å²) in [6.45, 7) is 6.37. The first kappa shape index (κ1) is 20.7. The Bertz CT molecular complexity index is 1440. The van der Waals surface area contributed by atoms with Gasteiger partial charge in [-0.05, 0) is 51.5 Å². The smallest absolute Gasteiger partial charge is 0.104 e. The van der Waals surface area contributed by atoms with Gasteiger partial charge in [-0.3, -0.25) is 5.32 Å². The van der Waals surface area contributed by atoms with Gasteiger partial charge in [-0.25, -0.2) is 0 Å². The molecule has 2 heteroatoms. The van der Waals surface area contributed by atoms with Crippen molar-refractivity contribution in [1.29, 1.82) is 0 Å². The standard InChI is InChI=1S/C33H30N2/c1-23(2)25-16-19-35-31(21-25)27-20-26(24-10-4-3-5-11-24)14-15-28(27)33(35)22-34-32(17-8-9-18-32)29-12-6-7-13-30(29)33/h3-18,20-21,23,34H,19,22H2,1-2H3/t33-/m1/s1. The van der Waals surface area contributed by atoms with Crippen molar-refractivity contribution in [2.45, 2.75) is 24.9 Å². The fraction of sp³-hybridized carbons (Fsp3) is 0.212. The minimum atomic E-state index is -0.235. The van der Waals surface area contributed by atoms with E-state index < -0.39 is 0 Å². The molecule has 1 N–H and O–H groups in total. The lowest BCUT2D eigenvalue weighted by molar-refractivity contribution is 0.198. The number of nitrogens with one attached hydrogen (secondary N) is 1. The van der Waals surface area contributed by atoms with Crippen molar-refractivity contribution >= 4 is 5.70 Å². The highest BCUT2D eigenvalue weighted by molar-refractivity contribution is 5.83. The van der Waals surface area contributed by atoms with Gasteiger partial charge in [0.25, 0.3) is 0 Å². The van der Waals surface area contributed by atoms with Gasteiger partial charge in [-0.1, -0.05) is 111 Å². The van der Waals surface area contributed by atoms with Gasteiger partial charge >= 0.3 is 0 Å². The van der Waals surface area contributed by atoms with Gasteiger partial charge in [0.2, 0.25) is 0 Å². The minimum Gasteiger partial charge on any atom is -0.352 e. The van der Waals surface area contributed by atoms with Crippen molar-refractivity contribution in [3.05, 3.63) is 137 Å². The molecule has 0 aromatic heterocycles. The first-order valence-electron chi connectivity index (χ1n) is 12.7. The fourth-order valence-corrected chi connectivity index (χ4v) is 6.57. The Labute approximate surface area is 208 Å². The molecule has 0 saturated heterocycles. The lowest BCUT2D eigenvalue weighted by Gasteiger charge is -2.50. The summed E-state index contributed by atoms with van der Waals surface area (Å²) < 4.78 is 0. The molecule has 0 bridgehead atoms. The van der Waals surface area contributed by atoms with Crippen LogP contribution in [0.15, 0.2) is 115 Å². The summed E-state index contributed by atoms with van der Waals surface area (Å²) in [7, 11) is 0. The van der Waals surface area contributed by atoms with Gasteiger partial charge in [-0.15, -0.1) is 0 Å². The SMILES string of the molecule is CC(C)C1=CCN2C(=C1)c1cc(-c3ccccc3)ccc1[C@@]21CNC2(C=CC=C2)c2ccccc21. The van der Waals surface area contributed by atoms with Crippen molar-refractivity contribution in [2.24, 2.45) is 5.92 Å². The van der Waals surface area contributed by atoms with Gasteiger partial charge in [-0.2, -0.15) is 0 Å². The quantitative estimate of drug-likeness (QED) is 0.459. The van der Waals surface area contributed by atoms with E-state index >= 15 is 0 Å². The molecular formula is C33H30N2. The Hall–Kier alpha value is -3.62. The van der Waals surface area contributed by atoms with Gasteiger partial charge < -0.3 is 4.90 Å². The van der Waals surface area contributed by atoms with Crippen LogP contribution in [0, 0.1) is 5.92 Å². The van der Waals surface area contributed by atoms with Crippen LogP contribution >= 0.6 is 0 Å². The van der Waals surface area contributed by atoms with Crippen LogP contribution in [-0.2, 0) is 11.1 Å². The topological polar surface area (TPSA) is 15.3 Å². The Morgan fingerprint density at radius 1 is 0.800 bits per heavy atom. The molecule has 1 aliphatic carbocycles. The number of hydrogen-bond donors (Lipinski definition) is 1. The van der Waals surface area contributed by atoms with E-state index in [1.165, 1.54) is 44.7 Å². The summed E-state index contributed by atoms with van der Waals surface area (Å²) in [5.41, 5.74) is 10.4. The highest BCUT2D eigenvalue weighted by atomic mass is 15.3. The zero-order chi connectivity index (χ0) is 23.6. The molecule has 1 atom stereocenters. The van der Waals surface area contributed by atoms with Gasteiger partial charge in [0.1, 0.15) is 5.54 Å². The summed E-state index contributed by atoms with van der Waals surface area (Å²) in [5, 5.41) is 3.97. The third kappa shape index (κ3) is 2.81. The maximum Gasteiger partial charge on any atom is 0.104 e. The predicted octanol–water partition coefficient (Wildman–Crippen LogP) is 6.77. The van der Waals surface area contributed by atoms with Crippen LogP contribution in [0.1, 0.15) is 36.1 Å². The number of allylic oxidation sites excluding steroid dienone is 4. The summed E-state index contributed by atoms with van der Waals surface area (Å²) >= 11 is 0. The molecular weight excluding hydrogens is 424 g/mol. The zero-order valence-electron chi connectivity index (χ0n) is 20.3. The van der Waals surface area contributed by atoms with Crippen molar-refractivity contribution in [1.82, 2.24) is 10.2 Å². The molecule has 3 heterocycles. The van der Waals surface area contributed by atoms with E-state index in [-0.39, 0.29) is 11.1 Å². The molecule has 35 heavy (non-hydrogen) atoms. The third-order valence-corrected chi connectivity index (χ3v) is 8.36. The molecule has 2 nitrogen and oxygen atoms in total. The van der Waals surface area contributed by atoms with E-state index in [0.29, 0.717) is 5.92 Å². The molecule has 0 saturated carbocycles. The van der Waals surface area contributed by atoms with E-state index in [0.717, 1.165) is 13.1 Å². The molecule has 4 aliphatic rings. The Morgan fingerprint density at radius 3 is 2.31 bits per heavy atom. The number of nitrogens with zero attached hydrogens (tertiary/aromatic N) is 1. The molecule has 3 aliphatic heterocycles. The lowest BCUT2D eigenvalue weighted by atomic mass is 9.71. The summed E-state index contributed by atoms with van der Waals surface area (Å²) in [4.78, 5) is 2.65. The average molecular weight is 455 g/mol. The number of rotatable bonds is 2. The minimum absolute atomic E-state index is 0.215. The van der Waals surface area contributed by atoms with E-state index in [1.807, 2.05) is 0 Å².